The van der Waals surface area contributed by atoms with Crippen molar-refractivity contribution >= 4 is 0 Å². The van der Waals surface area contributed by atoms with Crippen LogP contribution in [0.3, 0.4) is 0 Å². The van der Waals surface area contributed by atoms with Crippen molar-refractivity contribution in [2.75, 3.05) is 6.61 Å². The summed E-state index contributed by atoms with van der Waals surface area (Å²) in [5, 5.41) is 9.23. The monoisotopic (exact) mass is 204 g/mol. The van der Waals surface area contributed by atoms with Crippen LogP contribution < -0.4 is 0 Å². The van der Waals surface area contributed by atoms with E-state index >= 15 is 0 Å². The van der Waals surface area contributed by atoms with Crippen LogP contribution in [0.1, 0.15) is 19.4 Å². The molecule has 0 aliphatic carbocycles. The predicted molar refractivity (Wildman–Crippen MR) is 60.4 cm³/mol. The first-order valence-corrected chi connectivity index (χ1v) is 5.00. The summed E-state index contributed by atoms with van der Waals surface area (Å²) in [5.74, 6) is 6.41. The van der Waals surface area contributed by atoms with Gasteiger partial charge in [-0.15, -0.1) is 5.92 Å². The van der Waals surface area contributed by atoms with Crippen molar-refractivity contribution in [2.45, 2.75) is 20.5 Å². The Labute approximate surface area is 90.9 Å². The van der Waals surface area contributed by atoms with Gasteiger partial charge < -0.3 is 9.84 Å². The Morgan fingerprint density at radius 2 is 2.27 bits per heavy atom. The van der Waals surface area contributed by atoms with Gasteiger partial charge in [0.05, 0.1) is 13.2 Å². The maximum absolute atomic E-state index is 9.23. The van der Waals surface area contributed by atoms with E-state index in [-0.39, 0.29) is 11.7 Å². The van der Waals surface area contributed by atoms with E-state index in [0.29, 0.717) is 13.2 Å². The first kappa shape index (κ1) is 11.6. The van der Waals surface area contributed by atoms with Crippen LogP contribution in [0, 0.1) is 17.8 Å². The first-order valence-electron chi connectivity index (χ1n) is 5.00. The highest BCUT2D eigenvalue weighted by Crippen LogP contribution is 2.11. The van der Waals surface area contributed by atoms with Gasteiger partial charge in [0.15, 0.2) is 0 Å². The van der Waals surface area contributed by atoms with E-state index in [1.165, 1.54) is 0 Å². The second kappa shape index (κ2) is 6.10. The number of phenols is 1. The molecular weight excluding hydrogens is 188 g/mol. The molecule has 15 heavy (non-hydrogen) atoms. The van der Waals surface area contributed by atoms with Gasteiger partial charge in [0.1, 0.15) is 5.75 Å². The van der Waals surface area contributed by atoms with Gasteiger partial charge in [-0.3, -0.25) is 0 Å². The summed E-state index contributed by atoms with van der Waals surface area (Å²) >= 11 is 0. The van der Waals surface area contributed by atoms with Crippen molar-refractivity contribution in [1.29, 1.82) is 0 Å². The van der Waals surface area contributed by atoms with Crippen molar-refractivity contribution in [3.05, 3.63) is 29.8 Å². The third kappa shape index (κ3) is 4.53. The SMILES string of the molecule is CC#CC(C)COCc1cccc(O)c1. The highest BCUT2D eigenvalue weighted by Gasteiger charge is 1.98. The average molecular weight is 204 g/mol. The Morgan fingerprint density at radius 3 is 2.93 bits per heavy atom. The molecular formula is C13H16O2. The minimum absolute atomic E-state index is 0.257. The summed E-state index contributed by atoms with van der Waals surface area (Å²) in [6.45, 7) is 4.99. The van der Waals surface area contributed by atoms with Crippen LogP contribution in [-0.2, 0) is 11.3 Å². The van der Waals surface area contributed by atoms with Gasteiger partial charge >= 0.3 is 0 Å². The number of aromatic hydroxyl groups is 1. The summed E-state index contributed by atoms with van der Waals surface area (Å²) in [6.07, 6.45) is 0. The fourth-order valence-electron chi connectivity index (χ4n) is 1.29. The number of ether oxygens (including phenoxy) is 1. The van der Waals surface area contributed by atoms with E-state index in [0.717, 1.165) is 5.56 Å². The Balaban J connectivity index is 2.34. The molecule has 0 amide bonds. The van der Waals surface area contributed by atoms with Gasteiger partial charge in [-0.25, -0.2) is 0 Å². The standard InChI is InChI=1S/C13H16O2/c1-3-5-11(2)9-15-10-12-6-4-7-13(14)8-12/h4,6-8,11,14H,9-10H2,1-2H3. The Kier molecular flexibility index (Phi) is 4.73. The lowest BCUT2D eigenvalue weighted by Gasteiger charge is -2.06. The third-order valence-corrected chi connectivity index (χ3v) is 1.94. The minimum Gasteiger partial charge on any atom is -0.508 e. The van der Waals surface area contributed by atoms with Crippen LogP contribution in [0.15, 0.2) is 24.3 Å². The molecule has 0 aliphatic rings. The van der Waals surface area contributed by atoms with Gasteiger partial charge in [-0.05, 0) is 31.5 Å². The molecule has 0 spiro atoms. The maximum atomic E-state index is 9.23. The largest absolute Gasteiger partial charge is 0.508 e. The summed E-state index contributed by atoms with van der Waals surface area (Å²) in [4.78, 5) is 0. The van der Waals surface area contributed by atoms with Crippen LogP contribution in [0.4, 0.5) is 0 Å². The number of benzene rings is 1. The number of hydrogen-bond donors (Lipinski definition) is 1. The Morgan fingerprint density at radius 1 is 1.47 bits per heavy atom. The van der Waals surface area contributed by atoms with E-state index in [4.69, 9.17) is 4.74 Å². The molecule has 2 heteroatoms. The molecule has 0 heterocycles. The van der Waals surface area contributed by atoms with E-state index in [1.807, 2.05) is 26.0 Å². The molecule has 1 atom stereocenters. The zero-order valence-corrected chi connectivity index (χ0v) is 9.16. The lowest BCUT2D eigenvalue weighted by Crippen LogP contribution is -2.03. The van der Waals surface area contributed by atoms with Gasteiger partial charge in [-0.2, -0.15) is 0 Å². The average Bonchev–Trinajstić information content (AvgIpc) is 2.18. The topological polar surface area (TPSA) is 29.5 Å². The predicted octanol–water partition coefficient (Wildman–Crippen LogP) is 2.57. The lowest BCUT2D eigenvalue weighted by atomic mass is 10.2. The molecule has 0 fully saturated rings. The summed E-state index contributed by atoms with van der Waals surface area (Å²) in [5.41, 5.74) is 0.978. The van der Waals surface area contributed by atoms with Crippen LogP contribution in [0.25, 0.3) is 0 Å². The molecule has 0 saturated heterocycles. The molecule has 1 aromatic carbocycles. The van der Waals surface area contributed by atoms with Crippen molar-refractivity contribution in [2.24, 2.45) is 5.92 Å². The first-order chi connectivity index (χ1) is 7.22. The zero-order valence-electron chi connectivity index (χ0n) is 9.16. The highest BCUT2D eigenvalue weighted by molar-refractivity contribution is 5.26. The quantitative estimate of drug-likeness (QED) is 0.764. The van der Waals surface area contributed by atoms with Crippen molar-refractivity contribution in [3.63, 3.8) is 0 Å². The fraction of sp³-hybridized carbons (Fsp3) is 0.385. The molecule has 1 rings (SSSR count). The highest BCUT2D eigenvalue weighted by atomic mass is 16.5. The molecule has 0 saturated carbocycles. The van der Waals surface area contributed by atoms with Gasteiger partial charge in [-0.1, -0.05) is 18.1 Å². The van der Waals surface area contributed by atoms with Crippen molar-refractivity contribution in [3.8, 4) is 17.6 Å². The third-order valence-electron chi connectivity index (χ3n) is 1.94. The van der Waals surface area contributed by atoms with E-state index in [1.54, 1.807) is 12.1 Å². The van der Waals surface area contributed by atoms with Crippen LogP contribution >= 0.6 is 0 Å². The molecule has 1 aromatic rings. The van der Waals surface area contributed by atoms with E-state index < -0.39 is 0 Å². The Bertz CT molecular complexity index is 360. The molecule has 2 nitrogen and oxygen atoms in total. The molecule has 1 N–H and O–H groups in total. The maximum Gasteiger partial charge on any atom is 0.115 e. The lowest BCUT2D eigenvalue weighted by molar-refractivity contribution is 0.106. The second-order valence-electron chi connectivity index (χ2n) is 3.48. The van der Waals surface area contributed by atoms with Crippen molar-refractivity contribution in [1.82, 2.24) is 0 Å². The van der Waals surface area contributed by atoms with Crippen molar-refractivity contribution < 1.29 is 9.84 Å². The molecule has 80 valence electrons. The van der Waals surface area contributed by atoms with Gasteiger partial charge in [0.2, 0.25) is 0 Å². The van der Waals surface area contributed by atoms with Crippen LogP contribution in [0.2, 0.25) is 0 Å². The number of phenolic OH excluding ortho intramolecular Hbond substituents is 1. The van der Waals surface area contributed by atoms with Crippen LogP contribution in [0.5, 0.6) is 5.75 Å². The fourth-order valence-corrected chi connectivity index (χ4v) is 1.29. The second-order valence-corrected chi connectivity index (χ2v) is 3.48. The minimum atomic E-state index is 0.257. The van der Waals surface area contributed by atoms with Gasteiger partial charge in [0, 0.05) is 5.92 Å². The van der Waals surface area contributed by atoms with Gasteiger partial charge in [0.25, 0.3) is 0 Å². The Hall–Kier alpha value is -1.46. The normalized spacial score (nSPS) is 11.6. The zero-order chi connectivity index (χ0) is 11.1. The summed E-state index contributed by atoms with van der Waals surface area (Å²) in [6, 6.07) is 7.09. The molecule has 0 aliphatic heterocycles. The van der Waals surface area contributed by atoms with E-state index in [9.17, 15) is 5.11 Å². The summed E-state index contributed by atoms with van der Waals surface area (Å²) < 4.78 is 5.48. The summed E-state index contributed by atoms with van der Waals surface area (Å²) in [7, 11) is 0. The van der Waals surface area contributed by atoms with Crippen LogP contribution in [-0.4, -0.2) is 11.7 Å². The smallest absolute Gasteiger partial charge is 0.115 e. The molecule has 0 aromatic heterocycles. The molecule has 0 radical (unpaired) electrons. The molecule has 0 bridgehead atoms. The van der Waals surface area contributed by atoms with E-state index in [2.05, 4.69) is 11.8 Å². The number of rotatable bonds is 4. The number of hydrogen-bond acceptors (Lipinski definition) is 2. The molecule has 1 unspecified atom stereocenters.